The van der Waals surface area contributed by atoms with Gasteiger partial charge < -0.3 is 19.7 Å². The molecule has 1 aliphatic rings. The largest absolute Gasteiger partial charge is 0.463 e. The maximum atomic E-state index is 11.8. The summed E-state index contributed by atoms with van der Waals surface area (Å²) in [7, 11) is 0. The van der Waals surface area contributed by atoms with Crippen molar-refractivity contribution in [1.29, 1.82) is 0 Å². The molecule has 1 amide bonds. The van der Waals surface area contributed by atoms with Crippen LogP contribution in [0.2, 0.25) is 0 Å². The molecule has 28 heavy (non-hydrogen) atoms. The van der Waals surface area contributed by atoms with E-state index in [0.29, 0.717) is 32.5 Å². The van der Waals surface area contributed by atoms with Gasteiger partial charge in [0.05, 0.1) is 6.04 Å². The molecule has 7 heteroatoms. The van der Waals surface area contributed by atoms with Gasteiger partial charge in [0.15, 0.2) is 0 Å². The Morgan fingerprint density at radius 1 is 1.29 bits per heavy atom. The Kier molecular flexibility index (Phi) is 10.2. The molecule has 1 aliphatic heterocycles. The summed E-state index contributed by atoms with van der Waals surface area (Å²) in [5, 5.41) is 3.11. The number of esters is 1. The number of nitrogens with zero attached hydrogens (tertiary/aromatic N) is 1. The maximum absolute atomic E-state index is 11.8. The standard InChI is InChI=1S/C13H24N2O3.C8H8O2/c1-10-12(17)15(9-7-14-10)8-5-6-11(16)18-13(2,3)4;9-7-10-6-8-4-2-1-3-5-8/h10,14H,5-9H2,1-4H3;1-5,7H,6H2/t10-;/m0./s1. The van der Waals surface area contributed by atoms with E-state index in [4.69, 9.17) is 4.74 Å². The number of hydrogen-bond donors (Lipinski definition) is 1. The predicted octanol–water partition coefficient (Wildman–Crippen LogP) is 2.29. The van der Waals surface area contributed by atoms with E-state index in [0.717, 1.165) is 18.7 Å². The first-order valence-electron chi connectivity index (χ1n) is 9.56. The van der Waals surface area contributed by atoms with Crippen molar-refractivity contribution in [3.63, 3.8) is 0 Å². The highest BCUT2D eigenvalue weighted by molar-refractivity contribution is 5.82. The first-order chi connectivity index (χ1) is 13.2. The van der Waals surface area contributed by atoms with Gasteiger partial charge in [-0.15, -0.1) is 0 Å². The summed E-state index contributed by atoms with van der Waals surface area (Å²) < 4.78 is 9.76. The number of amides is 1. The van der Waals surface area contributed by atoms with Crippen molar-refractivity contribution in [2.45, 2.75) is 58.8 Å². The first-order valence-corrected chi connectivity index (χ1v) is 9.56. The molecule has 156 valence electrons. The van der Waals surface area contributed by atoms with Gasteiger partial charge in [0.2, 0.25) is 5.91 Å². The van der Waals surface area contributed by atoms with Gasteiger partial charge in [-0.05, 0) is 39.7 Å². The SMILES string of the molecule is C[C@@H]1NCCN(CCCC(=O)OC(C)(C)C)C1=O.O=COCc1ccccc1. The van der Waals surface area contributed by atoms with Crippen molar-refractivity contribution in [2.24, 2.45) is 0 Å². The highest BCUT2D eigenvalue weighted by atomic mass is 16.6. The third-order valence-electron chi connectivity index (χ3n) is 3.90. The van der Waals surface area contributed by atoms with Crippen LogP contribution in [0.1, 0.15) is 46.1 Å². The van der Waals surface area contributed by atoms with Crippen molar-refractivity contribution in [1.82, 2.24) is 10.2 Å². The number of benzene rings is 1. The number of rotatable bonds is 7. The molecule has 0 saturated carbocycles. The van der Waals surface area contributed by atoms with Gasteiger partial charge in [-0.1, -0.05) is 30.3 Å². The summed E-state index contributed by atoms with van der Waals surface area (Å²) in [5.74, 6) is -0.0800. The summed E-state index contributed by atoms with van der Waals surface area (Å²) in [6.45, 7) is 10.4. The van der Waals surface area contributed by atoms with E-state index in [-0.39, 0.29) is 17.9 Å². The summed E-state index contributed by atoms with van der Waals surface area (Å²) in [5.41, 5.74) is 0.575. The lowest BCUT2D eigenvalue weighted by atomic mass is 10.2. The maximum Gasteiger partial charge on any atom is 0.306 e. The van der Waals surface area contributed by atoms with Crippen LogP contribution in [0, 0.1) is 0 Å². The number of ether oxygens (including phenoxy) is 2. The minimum Gasteiger partial charge on any atom is -0.463 e. The van der Waals surface area contributed by atoms with Crippen LogP contribution in [-0.4, -0.2) is 54.5 Å². The van der Waals surface area contributed by atoms with Crippen LogP contribution in [0.25, 0.3) is 0 Å². The average Bonchev–Trinajstić information content (AvgIpc) is 2.63. The van der Waals surface area contributed by atoms with Crippen LogP contribution in [0.5, 0.6) is 0 Å². The Hall–Kier alpha value is -2.41. The zero-order chi connectivity index (χ0) is 21.0. The lowest BCUT2D eigenvalue weighted by molar-refractivity contribution is -0.155. The van der Waals surface area contributed by atoms with Crippen LogP contribution < -0.4 is 5.32 Å². The average molecular weight is 392 g/mol. The Morgan fingerprint density at radius 3 is 2.57 bits per heavy atom. The van der Waals surface area contributed by atoms with Gasteiger partial charge in [-0.3, -0.25) is 14.4 Å². The van der Waals surface area contributed by atoms with E-state index in [1.165, 1.54) is 0 Å². The normalized spacial score (nSPS) is 16.6. The second-order valence-corrected chi connectivity index (χ2v) is 7.58. The molecule has 0 bridgehead atoms. The third-order valence-corrected chi connectivity index (χ3v) is 3.90. The van der Waals surface area contributed by atoms with E-state index < -0.39 is 5.60 Å². The highest BCUT2D eigenvalue weighted by Gasteiger charge is 2.24. The molecule has 0 radical (unpaired) electrons. The lowest BCUT2D eigenvalue weighted by Crippen LogP contribution is -2.53. The van der Waals surface area contributed by atoms with Crippen molar-refractivity contribution >= 4 is 18.3 Å². The summed E-state index contributed by atoms with van der Waals surface area (Å²) in [6.07, 6.45) is 1.02. The fraction of sp³-hybridized carbons (Fsp3) is 0.571. The Labute approximate surface area is 167 Å². The van der Waals surface area contributed by atoms with Crippen molar-refractivity contribution in [2.75, 3.05) is 19.6 Å². The molecule has 1 aromatic rings. The summed E-state index contributed by atoms with van der Waals surface area (Å²) in [6, 6.07) is 9.44. The van der Waals surface area contributed by atoms with Crippen molar-refractivity contribution < 1.29 is 23.9 Å². The molecule has 1 fully saturated rings. The topological polar surface area (TPSA) is 84.9 Å². The molecule has 0 aromatic heterocycles. The van der Waals surface area contributed by atoms with Crippen molar-refractivity contribution in [3.05, 3.63) is 35.9 Å². The van der Waals surface area contributed by atoms with E-state index in [1.54, 1.807) is 0 Å². The lowest BCUT2D eigenvalue weighted by Gasteiger charge is -2.31. The van der Waals surface area contributed by atoms with Gasteiger partial charge >= 0.3 is 5.97 Å². The number of carbonyl (C=O) groups excluding carboxylic acids is 3. The molecule has 0 aliphatic carbocycles. The molecule has 0 unspecified atom stereocenters. The van der Waals surface area contributed by atoms with Crippen LogP contribution in [0.15, 0.2) is 30.3 Å². The van der Waals surface area contributed by atoms with Gasteiger partial charge in [-0.25, -0.2) is 0 Å². The molecule has 1 atom stereocenters. The van der Waals surface area contributed by atoms with E-state index in [1.807, 2.05) is 62.9 Å². The second kappa shape index (κ2) is 12.1. The zero-order valence-corrected chi connectivity index (χ0v) is 17.3. The Balaban J connectivity index is 0.000000330. The number of piperazine rings is 1. The van der Waals surface area contributed by atoms with E-state index in [2.05, 4.69) is 10.1 Å². The number of nitrogens with one attached hydrogen (secondary N) is 1. The molecular weight excluding hydrogens is 360 g/mol. The molecule has 1 aromatic carbocycles. The highest BCUT2D eigenvalue weighted by Crippen LogP contribution is 2.10. The first kappa shape index (κ1) is 23.6. The minimum atomic E-state index is -0.434. The molecule has 1 saturated heterocycles. The van der Waals surface area contributed by atoms with Crippen LogP contribution in [0.4, 0.5) is 0 Å². The van der Waals surface area contributed by atoms with E-state index >= 15 is 0 Å². The number of carbonyl (C=O) groups is 3. The van der Waals surface area contributed by atoms with Gasteiger partial charge in [-0.2, -0.15) is 0 Å². The second-order valence-electron chi connectivity index (χ2n) is 7.58. The smallest absolute Gasteiger partial charge is 0.306 e. The fourth-order valence-corrected chi connectivity index (χ4v) is 2.62. The van der Waals surface area contributed by atoms with Gasteiger partial charge in [0, 0.05) is 26.1 Å². The molecule has 2 rings (SSSR count). The summed E-state index contributed by atoms with van der Waals surface area (Å²) in [4.78, 5) is 34.9. The minimum absolute atomic E-state index is 0.111. The quantitative estimate of drug-likeness (QED) is 0.566. The molecule has 0 spiro atoms. The molecule has 1 N–H and O–H groups in total. The Bertz CT molecular complexity index is 613. The predicted molar refractivity (Wildman–Crippen MR) is 106 cm³/mol. The third kappa shape index (κ3) is 10.1. The Morgan fingerprint density at radius 2 is 1.96 bits per heavy atom. The van der Waals surface area contributed by atoms with Crippen LogP contribution in [0.3, 0.4) is 0 Å². The van der Waals surface area contributed by atoms with Crippen molar-refractivity contribution in [3.8, 4) is 0 Å². The molecule has 1 heterocycles. The van der Waals surface area contributed by atoms with Gasteiger partial charge in [0.1, 0.15) is 12.2 Å². The number of hydrogen-bond acceptors (Lipinski definition) is 6. The fourth-order valence-electron chi connectivity index (χ4n) is 2.62. The van der Waals surface area contributed by atoms with Crippen LogP contribution >= 0.6 is 0 Å². The molecule has 7 nitrogen and oxygen atoms in total. The molecular formula is C21H32N2O5. The van der Waals surface area contributed by atoms with E-state index in [9.17, 15) is 14.4 Å². The van der Waals surface area contributed by atoms with Gasteiger partial charge in [0.25, 0.3) is 6.47 Å². The summed E-state index contributed by atoms with van der Waals surface area (Å²) >= 11 is 0. The monoisotopic (exact) mass is 392 g/mol. The van der Waals surface area contributed by atoms with Crippen LogP contribution in [-0.2, 0) is 30.5 Å². The zero-order valence-electron chi connectivity index (χ0n) is 17.3.